The van der Waals surface area contributed by atoms with Crippen molar-refractivity contribution in [2.75, 3.05) is 6.54 Å². The molecule has 20 heavy (non-hydrogen) atoms. The van der Waals surface area contributed by atoms with Gasteiger partial charge in [-0.25, -0.2) is 0 Å². The zero-order valence-electron chi connectivity index (χ0n) is 13.3. The van der Waals surface area contributed by atoms with Gasteiger partial charge in [0, 0.05) is 30.9 Å². The topological polar surface area (TPSA) is 38.1 Å². The fraction of sp³-hybridized carbons (Fsp3) is 0.750. The van der Waals surface area contributed by atoms with Gasteiger partial charge in [-0.05, 0) is 33.6 Å². The van der Waals surface area contributed by atoms with Crippen LogP contribution in [0.1, 0.15) is 56.0 Å². The Morgan fingerprint density at radius 2 is 1.95 bits per heavy atom. The highest BCUT2D eigenvalue weighted by Crippen LogP contribution is 2.23. The number of amides is 1. The average molecular weight is 277 g/mol. The molecular formula is C16H27N3O. The molecule has 0 radical (unpaired) electrons. The lowest BCUT2D eigenvalue weighted by Gasteiger charge is -2.33. The molecule has 112 valence electrons. The lowest BCUT2D eigenvalue weighted by molar-refractivity contribution is -0.133. The summed E-state index contributed by atoms with van der Waals surface area (Å²) in [5.41, 5.74) is 3.19. The van der Waals surface area contributed by atoms with E-state index in [1.54, 1.807) is 0 Å². The van der Waals surface area contributed by atoms with Crippen LogP contribution in [0.2, 0.25) is 0 Å². The van der Waals surface area contributed by atoms with E-state index in [-0.39, 0.29) is 5.91 Å². The van der Waals surface area contributed by atoms with Crippen molar-refractivity contribution in [2.24, 2.45) is 7.05 Å². The number of carbonyl (C=O) groups is 1. The van der Waals surface area contributed by atoms with Crippen LogP contribution in [0.15, 0.2) is 0 Å². The second-order valence-corrected chi connectivity index (χ2v) is 5.92. The first-order valence-corrected chi connectivity index (χ1v) is 7.83. The average Bonchev–Trinajstić information content (AvgIpc) is 2.67. The number of aromatic nitrogens is 2. The van der Waals surface area contributed by atoms with Crippen molar-refractivity contribution in [3.63, 3.8) is 0 Å². The summed E-state index contributed by atoms with van der Waals surface area (Å²) in [7, 11) is 1.94. The zero-order valence-corrected chi connectivity index (χ0v) is 13.3. The normalized spacial score (nSPS) is 16.4. The van der Waals surface area contributed by atoms with Crippen molar-refractivity contribution >= 4 is 5.91 Å². The minimum Gasteiger partial charge on any atom is -0.340 e. The minimum atomic E-state index is 0.263. The molecule has 0 saturated heterocycles. The maximum Gasteiger partial charge on any atom is 0.227 e. The fourth-order valence-electron chi connectivity index (χ4n) is 3.36. The molecule has 0 bridgehead atoms. The number of hydrogen-bond donors (Lipinski definition) is 0. The molecule has 0 atom stereocenters. The Hall–Kier alpha value is -1.32. The van der Waals surface area contributed by atoms with Crippen LogP contribution in [0.25, 0.3) is 0 Å². The largest absolute Gasteiger partial charge is 0.340 e. The first-order valence-electron chi connectivity index (χ1n) is 7.83. The predicted octanol–water partition coefficient (Wildman–Crippen LogP) is 2.76. The van der Waals surface area contributed by atoms with E-state index >= 15 is 0 Å². The Kier molecular flexibility index (Phi) is 4.84. The van der Waals surface area contributed by atoms with Crippen LogP contribution in [0.4, 0.5) is 0 Å². The maximum absolute atomic E-state index is 12.6. The summed E-state index contributed by atoms with van der Waals surface area (Å²) in [6, 6.07) is 0.457. The molecule has 4 nitrogen and oxygen atoms in total. The van der Waals surface area contributed by atoms with Gasteiger partial charge in [0.25, 0.3) is 0 Å². The van der Waals surface area contributed by atoms with Crippen molar-refractivity contribution in [1.29, 1.82) is 0 Å². The summed E-state index contributed by atoms with van der Waals surface area (Å²) in [6.07, 6.45) is 6.69. The first kappa shape index (κ1) is 15.1. The van der Waals surface area contributed by atoms with Gasteiger partial charge in [0.1, 0.15) is 0 Å². The van der Waals surface area contributed by atoms with E-state index in [4.69, 9.17) is 0 Å². The number of nitrogens with zero attached hydrogens (tertiary/aromatic N) is 3. The lowest BCUT2D eigenvalue weighted by atomic mass is 9.93. The Balaban J connectivity index is 2.08. The number of hydrogen-bond acceptors (Lipinski definition) is 2. The van der Waals surface area contributed by atoms with Crippen molar-refractivity contribution < 1.29 is 4.79 Å². The summed E-state index contributed by atoms with van der Waals surface area (Å²) >= 11 is 0. The molecule has 0 N–H and O–H groups in total. The molecule has 4 heteroatoms. The highest BCUT2D eigenvalue weighted by molar-refractivity contribution is 5.79. The van der Waals surface area contributed by atoms with Gasteiger partial charge in [-0.3, -0.25) is 9.48 Å². The molecule has 1 fully saturated rings. The SMILES string of the molecule is CCN(C(=O)Cc1c(C)nn(C)c1C)C1CCCCC1. The molecule has 1 aromatic heterocycles. The van der Waals surface area contributed by atoms with Gasteiger partial charge in [-0.2, -0.15) is 5.10 Å². The van der Waals surface area contributed by atoms with Gasteiger partial charge in [0.05, 0.1) is 12.1 Å². The smallest absolute Gasteiger partial charge is 0.227 e. The summed E-state index contributed by atoms with van der Waals surface area (Å²) in [4.78, 5) is 14.7. The Labute approximate surface area is 122 Å². The third kappa shape index (κ3) is 3.05. The highest BCUT2D eigenvalue weighted by atomic mass is 16.2. The van der Waals surface area contributed by atoms with E-state index in [1.807, 2.05) is 25.6 Å². The first-order chi connectivity index (χ1) is 9.54. The van der Waals surface area contributed by atoms with Crippen molar-refractivity contribution in [2.45, 2.75) is 65.3 Å². The summed E-state index contributed by atoms with van der Waals surface area (Å²) in [5.74, 6) is 0.263. The molecule has 1 amide bonds. The summed E-state index contributed by atoms with van der Waals surface area (Å²) in [5, 5.41) is 4.41. The van der Waals surface area contributed by atoms with Crippen molar-refractivity contribution in [3.8, 4) is 0 Å². The molecule has 0 spiro atoms. The van der Waals surface area contributed by atoms with E-state index in [0.29, 0.717) is 12.5 Å². The number of aryl methyl sites for hydroxylation is 2. The molecular weight excluding hydrogens is 250 g/mol. The highest BCUT2D eigenvalue weighted by Gasteiger charge is 2.25. The van der Waals surface area contributed by atoms with Crippen LogP contribution in [-0.2, 0) is 18.3 Å². The van der Waals surface area contributed by atoms with Gasteiger partial charge < -0.3 is 4.90 Å². The zero-order chi connectivity index (χ0) is 14.7. The molecule has 1 aliphatic carbocycles. The predicted molar refractivity (Wildman–Crippen MR) is 80.6 cm³/mol. The number of carbonyl (C=O) groups excluding carboxylic acids is 1. The van der Waals surface area contributed by atoms with Gasteiger partial charge in [-0.1, -0.05) is 19.3 Å². The Morgan fingerprint density at radius 1 is 1.30 bits per heavy atom. The maximum atomic E-state index is 12.6. The summed E-state index contributed by atoms with van der Waals surface area (Å²) in [6.45, 7) is 6.95. The van der Waals surface area contributed by atoms with Gasteiger partial charge in [0.2, 0.25) is 5.91 Å². The molecule has 2 rings (SSSR count). The van der Waals surface area contributed by atoms with Crippen LogP contribution >= 0.6 is 0 Å². The molecule has 0 aliphatic heterocycles. The molecule has 0 aromatic carbocycles. The van der Waals surface area contributed by atoms with Crippen molar-refractivity contribution in [1.82, 2.24) is 14.7 Å². The molecule has 1 aromatic rings. The van der Waals surface area contributed by atoms with Gasteiger partial charge in [-0.15, -0.1) is 0 Å². The van der Waals surface area contributed by atoms with E-state index in [1.165, 1.54) is 32.1 Å². The van der Waals surface area contributed by atoms with Crippen LogP contribution in [0, 0.1) is 13.8 Å². The van der Waals surface area contributed by atoms with Gasteiger partial charge >= 0.3 is 0 Å². The summed E-state index contributed by atoms with van der Waals surface area (Å²) < 4.78 is 1.87. The third-order valence-electron chi connectivity index (χ3n) is 4.66. The van der Waals surface area contributed by atoms with Crippen LogP contribution in [-0.4, -0.2) is 33.2 Å². The Bertz CT molecular complexity index is 472. The third-order valence-corrected chi connectivity index (χ3v) is 4.66. The van der Waals surface area contributed by atoms with Crippen LogP contribution in [0.5, 0.6) is 0 Å². The minimum absolute atomic E-state index is 0.263. The van der Waals surface area contributed by atoms with E-state index < -0.39 is 0 Å². The molecule has 1 aliphatic rings. The van der Waals surface area contributed by atoms with Crippen LogP contribution in [0.3, 0.4) is 0 Å². The molecule has 1 saturated carbocycles. The van der Waals surface area contributed by atoms with E-state index in [0.717, 1.165) is 23.5 Å². The van der Waals surface area contributed by atoms with Crippen molar-refractivity contribution in [3.05, 3.63) is 17.0 Å². The second kappa shape index (κ2) is 6.42. The lowest BCUT2D eigenvalue weighted by Crippen LogP contribution is -2.42. The van der Waals surface area contributed by atoms with E-state index in [2.05, 4.69) is 16.9 Å². The Morgan fingerprint density at radius 3 is 2.45 bits per heavy atom. The molecule has 0 unspecified atom stereocenters. The monoisotopic (exact) mass is 277 g/mol. The van der Waals surface area contributed by atoms with Crippen LogP contribution < -0.4 is 0 Å². The van der Waals surface area contributed by atoms with Gasteiger partial charge in [0.15, 0.2) is 0 Å². The second-order valence-electron chi connectivity index (χ2n) is 5.92. The number of likely N-dealkylation sites (N-methyl/N-ethyl adjacent to an activating group) is 1. The standard InChI is InChI=1S/C16H27N3O/c1-5-19(14-9-7-6-8-10-14)16(20)11-15-12(2)17-18(4)13(15)3/h14H,5-11H2,1-4H3. The molecule has 1 heterocycles. The fourth-order valence-corrected chi connectivity index (χ4v) is 3.36. The number of rotatable bonds is 4. The van der Waals surface area contributed by atoms with E-state index in [9.17, 15) is 4.79 Å². The quantitative estimate of drug-likeness (QED) is 0.848.